The molecule has 5 heteroatoms. The Morgan fingerprint density at radius 3 is 3.06 bits per heavy atom. The zero-order chi connectivity index (χ0) is 12.3. The number of nitrogens with one attached hydrogen (secondary N) is 1. The summed E-state index contributed by atoms with van der Waals surface area (Å²) < 4.78 is 6.50. The van der Waals surface area contributed by atoms with Crippen molar-refractivity contribution >= 4 is 27.4 Å². The van der Waals surface area contributed by atoms with Crippen molar-refractivity contribution in [2.45, 2.75) is 26.8 Å². The monoisotopic (exact) mass is 251 g/mol. The number of hydrogen-bond donors (Lipinski definition) is 1. The van der Waals surface area contributed by atoms with Crippen LogP contribution in [-0.4, -0.2) is 29.2 Å². The average molecular weight is 251 g/mol. The Balaban J connectivity index is 2.18. The van der Waals surface area contributed by atoms with Gasteiger partial charge in [0.25, 0.3) is 0 Å². The molecule has 1 atom stereocenters. The fourth-order valence-corrected chi connectivity index (χ4v) is 2.60. The maximum Gasteiger partial charge on any atom is 0.147 e. The first kappa shape index (κ1) is 12.3. The van der Waals surface area contributed by atoms with E-state index in [2.05, 4.69) is 34.5 Å². The predicted molar refractivity (Wildman–Crippen MR) is 71.7 cm³/mol. The molecule has 92 valence electrons. The third-order valence-corrected chi connectivity index (χ3v) is 3.58. The summed E-state index contributed by atoms with van der Waals surface area (Å²) in [5.41, 5.74) is 2.24. The molecule has 2 aromatic rings. The molecule has 0 saturated heterocycles. The lowest BCUT2D eigenvalue weighted by Crippen LogP contribution is -2.22. The van der Waals surface area contributed by atoms with E-state index in [4.69, 9.17) is 4.74 Å². The van der Waals surface area contributed by atoms with E-state index in [1.165, 1.54) is 5.56 Å². The first-order valence-electron chi connectivity index (χ1n) is 5.75. The van der Waals surface area contributed by atoms with Crippen molar-refractivity contribution in [1.82, 2.24) is 9.97 Å². The average Bonchev–Trinajstić information content (AvgIpc) is 2.70. The van der Waals surface area contributed by atoms with E-state index in [0.717, 1.165) is 22.6 Å². The first-order chi connectivity index (χ1) is 8.22. The highest BCUT2D eigenvalue weighted by molar-refractivity contribution is 7.18. The van der Waals surface area contributed by atoms with E-state index in [0.29, 0.717) is 6.61 Å². The minimum atomic E-state index is 0.246. The van der Waals surface area contributed by atoms with Crippen LogP contribution in [0.2, 0.25) is 0 Å². The molecule has 1 unspecified atom stereocenters. The Bertz CT molecular complexity index is 497. The van der Waals surface area contributed by atoms with Gasteiger partial charge >= 0.3 is 0 Å². The summed E-state index contributed by atoms with van der Waals surface area (Å²) in [6.07, 6.45) is 1.61. The number of aryl methyl sites for hydroxylation is 1. The molecule has 0 aliphatic carbocycles. The summed E-state index contributed by atoms with van der Waals surface area (Å²) in [5.74, 6) is 0.903. The molecule has 0 aliphatic rings. The third kappa shape index (κ3) is 2.73. The Labute approximate surface area is 105 Å². The van der Waals surface area contributed by atoms with Crippen LogP contribution in [0.1, 0.15) is 19.4 Å². The summed E-state index contributed by atoms with van der Waals surface area (Å²) in [6, 6.07) is 0.246. The Hall–Kier alpha value is -1.20. The lowest BCUT2D eigenvalue weighted by atomic mass is 10.3. The third-order valence-electron chi connectivity index (χ3n) is 2.49. The first-order valence-corrected chi connectivity index (χ1v) is 6.63. The fraction of sp³-hybridized carbons (Fsp3) is 0.500. The van der Waals surface area contributed by atoms with Crippen LogP contribution in [0.5, 0.6) is 0 Å². The quantitative estimate of drug-likeness (QED) is 0.887. The standard InChI is InChI=1S/C12H17N3OS/c1-4-16-5-9(3)15-12-11-10(13-7-14-12)8(2)6-17-11/h6-7,9H,4-5H2,1-3H3,(H,13,14,15). The molecule has 2 heterocycles. The van der Waals surface area contributed by atoms with E-state index >= 15 is 0 Å². The Morgan fingerprint density at radius 1 is 1.47 bits per heavy atom. The molecule has 0 aliphatic heterocycles. The van der Waals surface area contributed by atoms with Gasteiger partial charge in [-0.3, -0.25) is 0 Å². The number of thiophene rings is 1. The highest BCUT2D eigenvalue weighted by atomic mass is 32.1. The van der Waals surface area contributed by atoms with Crippen LogP contribution in [-0.2, 0) is 4.74 Å². The van der Waals surface area contributed by atoms with Gasteiger partial charge in [0.05, 0.1) is 16.8 Å². The molecule has 2 rings (SSSR count). The topological polar surface area (TPSA) is 47.0 Å². The van der Waals surface area contributed by atoms with Gasteiger partial charge in [0, 0.05) is 12.6 Å². The van der Waals surface area contributed by atoms with E-state index in [1.54, 1.807) is 17.7 Å². The fourth-order valence-electron chi connectivity index (χ4n) is 1.64. The minimum Gasteiger partial charge on any atom is -0.380 e. The van der Waals surface area contributed by atoms with Gasteiger partial charge in [0.2, 0.25) is 0 Å². The van der Waals surface area contributed by atoms with Crippen LogP contribution in [0, 0.1) is 6.92 Å². The molecule has 0 amide bonds. The minimum absolute atomic E-state index is 0.246. The highest BCUT2D eigenvalue weighted by Crippen LogP contribution is 2.28. The second kappa shape index (κ2) is 5.42. The zero-order valence-corrected chi connectivity index (χ0v) is 11.2. The predicted octanol–water partition coefficient (Wildman–Crippen LogP) is 2.84. The van der Waals surface area contributed by atoms with Gasteiger partial charge < -0.3 is 10.1 Å². The largest absolute Gasteiger partial charge is 0.380 e. The molecule has 0 bridgehead atoms. The van der Waals surface area contributed by atoms with Crippen molar-refractivity contribution < 1.29 is 4.74 Å². The van der Waals surface area contributed by atoms with Crippen LogP contribution in [0.15, 0.2) is 11.7 Å². The van der Waals surface area contributed by atoms with Crippen molar-refractivity contribution in [2.75, 3.05) is 18.5 Å². The number of anilines is 1. The number of hydrogen-bond acceptors (Lipinski definition) is 5. The number of ether oxygens (including phenoxy) is 1. The van der Waals surface area contributed by atoms with E-state index in [9.17, 15) is 0 Å². The zero-order valence-electron chi connectivity index (χ0n) is 10.4. The molecule has 2 aromatic heterocycles. The van der Waals surface area contributed by atoms with Crippen LogP contribution in [0.25, 0.3) is 10.2 Å². The number of nitrogens with zero attached hydrogens (tertiary/aromatic N) is 2. The molecule has 4 nitrogen and oxygen atoms in total. The van der Waals surface area contributed by atoms with E-state index < -0.39 is 0 Å². The molecule has 0 fully saturated rings. The van der Waals surface area contributed by atoms with Gasteiger partial charge in [-0.2, -0.15) is 0 Å². The molecule has 0 radical (unpaired) electrons. The van der Waals surface area contributed by atoms with Crippen molar-refractivity contribution in [1.29, 1.82) is 0 Å². The van der Waals surface area contributed by atoms with E-state index in [-0.39, 0.29) is 6.04 Å². The normalized spacial score (nSPS) is 12.9. The second-order valence-electron chi connectivity index (χ2n) is 4.02. The van der Waals surface area contributed by atoms with Gasteiger partial charge in [0.15, 0.2) is 0 Å². The van der Waals surface area contributed by atoms with Crippen molar-refractivity contribution in [2.24, 2.45) is 0 Å². The highest BCUT2D eigenvalue weighted by Gasteiger charge is 2.10. The van der Waals surface area contributed by atoms with Gasteiger partial charge in [-0.05, 0) is 31.7 Å². The van der Waals surface area contributed by atoms with Gasteiger partial charge in [-0.1, -0.05) is 0 Å². The number of rotatable bonds is 5. The van der Waals surface area contributed by atoms with Crippen LogP contribution >= 0.6 is 11.3 Å². The molecular weight excluding hydrogens is 234 g/mol. The molecular formula is C12H17N3OS. The SMILES string of the molecule is CCOCC(C)Nc1ncnc2c(C)csc12. The summed E-state index contributed by atoms with van der Waals surface area (Å²) in [5, 5.41) is 5.48. The van der Waals surface area contributed by atoms with E-state index in [1.807, 2.05) is 6.92 Å². The summed E-state index contributed by atoms with van der Waals surface area (Å²) in [4.78, 5) is 8.60. The van der Waals surface area contributed by atoms with Crippen LogP contribution < -0.4 is 5.32 Å². The lowest BCUT2D eigenvalue weighted by molar-refractivity contribution is 0.141. The molecule has 17 heavy (non-hydrogen) atoms. The molecule has 0 aromatic carbocycles. The van der Waals surface area contributed by atoms with Gasteiger partial charge in [-0.15, -0.1) is 11.3 Å². The summed E-state index contributed by atoms with van der Waals surface area (Å²) in [6.45, 7) is 7.58. The summed E-state index contributed by atoms with van der Waals surface area (Å²) >= 11 is 1.68. The molecule has 0 spiro atoms. The van der Waals surface area contributed by atoms with Gasteiger partial charge in [0.1, 0.15) is 12.1 Å². The molecule has 1 N–H and O–H groups in total. The second-order valence-corrected chi connectivity index (χ2v) is 4.90. The lowest BCUT2D eigenvalue weighted by Gasteiger charge is -2.14. The van der Waals surface area contributed by atoms with Crippen molar-refractivity contribution in [3.63, 3.8) is 0 Å². The number of aromatic nitrogens is 2. The number of fused-ring (bicyclic) bond motifs is 1. The van der Waals surface area contributed by atoms with Crippen molar-refractivity contribution in [3.8, 4) is 0 Å². The molecule has 0 saturated carbocycles. The maximum absolute atomic E-state index is 5.38. The summed E-state index contributed by atoms with van der Waals surface area (Å²) in [7, 11) is 0. The Kier molecular flexibility index (Phi) is 3.91. The smallest absolute Gasteiger partial charge is 0.147 e. The van der Waals surface area contributed by atoms with Crippen LogP contribution in [0.4, 0.5) is 5.82 Å². The van der Waals surface area contributed by atoms with Crippen LogP contribution in [0.3, 0.4) is 0 Å². The maximum atomic E-state index is 5.38. The van der Waals surface area contributed by atoms with Crippen molar-refractivity contribution in [3.05, 3.63) is 17.3 Å². The Morgan fingerprint density at radius 2 is 2.29 bits per heavy atom. The van der Waals surface area contributed by atoms with Gasteiger partial charge in [-0.25, -0.2) is 9.97 Å².